The Bertz CT molecular complexity index is 893. The van der Waals surface area contributed by atoms with Crippen LogP contribution < -0.4 is 5.11 Å². The summed E-state index contributed by atoms with van der Waals surface area (Å²) in [5, 5.41) is 12.5. The van der Waals surface area contributed by atoms with E-state index in [1.54, 1.807) is 24.3 Å². The summed E-state index contributed by atoms with van der Waals surface area (Å²) in [6.07, 6.45) is 3.04. The zero-order valence-corrected chi connectivity index (χ0v) is 13.6. The predicted octanol–water partition coefficient (Wildman–Crippen LogP) is 4.35. The van der Waals surface area contributed by atoms with Crippen LogP contribution in [0.3, 0.4) is 0 Å². The van der Waals surface area contributed by atoms with Crippen molar-refractivity contribution in [1.82, 2.24) is 0 Å². The van der Waals surface area contributed by atoms with Crippen LogP contribution in [0.15, 0.2) is 103 Å². The Balaban J connectivity index is 2.02. The molecule has 0 aromatic heterocycles. The zero-order valence-electron chi connectivity index (χ0n) is 13.6. The normalized spacial score (nSPS) is 12.0. The highest BCUT2D eigenvalue weighted by molar-refractivity contribution is 6.10. The maximum atomic E-state index is 12.5. The van der Waals surface area contributed by atoms with Gasteiger partial charge in [0.2, 0.25) is 0 Å². The second kappa shape index (κ2) is 7.93. The monoisotopic (exact) mass is 325 g/mol. The lowest BCUT2D eigenvalue weighted by Gasteiger charge is -2.14. The Morgan fingerprint density at radius 3 is 1.56 bits per heavy atom. The zero-order chi connectivity index (χ0) is 17.5. The van der Waals surface area contributed by atoms with Gasteiger partial charge in [0.25, 0.3) is 0 Å². The molecule has 0 amide bonds. The first-order valence-electron chi connectivity index (χ1n) is 8.04. The summed E-state index contributed by atoms with van der Waals surface area (Å²) in [6, 6.07) is 27.5. The van der Waals surface area contributed by atoms with Crippen LogP contribution in [0.2, 0.25) is 0 Å². The summed E-state index contributed by atoms with van der Waals surface area (Å²) < 4.78 is 0. The smallest absolute Gasteiger partial charge is 0.186 e. The van der Waals surface area contributed by atoms with Crippen LogP contribution in [0.1, 0.15) is 21.5 Å². The highest BCUT2D eigenvalue weighted by atomic mass is 16.3. The van der Waals surface area contributed by atoms with Gasteiger partial charge in [0.15, 0.2) is 5.78 Å². The molecule has 0 bridgehead atoms. The summed E-state index contributed by atoms with van der Waals surface area (Å²) in [5.74, 6) is -0.256. The molecule has 0 aliphatic rings. The molecule has 2 heteroatoms. The SMILES string of the molecule is O=C(/C=C(/C=C(\[O-])c1ccccc1)c1ccccc1)c1ccccc1. The van der Waals surface area contributed by atoms with E-state index in [1.165, 1.54) is 12.2 Å². The quantitative estimate of drug-likeness (QED) is 0.303. The third-order valence-electron chi connectivity index (χ3n) is 3.80. The third kappa shape index (κ3) is 4.33. The van der Waals surface area contributed by atoms with Gasteiger partial charge < -0.3 is 5.11 Å². The van der Waals surface area contributed by atoms with E-state index in [0.29, 0.717) is 16.7 Å². The minimum atomic E-state index is -0.128. The molecule has 3 aromatic rings. The van der Waals surface area contributed by atoms with Gasteiger partial charge in [-0.3, -0.25) is 4.79 Å². The fraction of sp³-hybridized carbons (Fsp3) is 0. The second-order valence-electron chi connectivity index (χ2n) is 5.57. The van der Waals surface area contributed by atoms with Crippen molar-refractivity contribution < 1.29 is 9.90 Å². The number of allylic oxidation sites excluding steroid dienone is 3. The van der Waals surface area contributed by atoms with Gasteiger partial charge >= 0.3 is 0 Å². The molecule has 0 N–H and O–H groups in total. The van der Waals surface area contributed by atoms with Crippen molar-refractivity contribution in [2.45, 2.75) is 0 Å². The largest absolute Gasteiger partial charge is 0.872 e. The maximum absolute atomic E-state index is 12.5. The summed E-state index contributed by atoms with van der Waals surface area (Å²) in [6.45, 7) is 0. The molecule has 3 aromatic carbocycles. The maximum Gasteiger partial charge on any atom is 0.186 e. The number of ketones is 1. The summed E-state index contributed by atoms with van der Waals surface area (Å²) >= 11 is 0. The second-order valence-corrected chi connectivity index (χ2v) is 5.57. The van der Waals surface area contributed by atoms with E-state index in [-0.39, 0.29) is 11.5 Å². The van der Waals surface area contributed by atoms with Crippen molar-refractivity contribution in [3.05, 3.63) is 120 Å². The Hall–Kier alpha value is -3.39. The predicted molar refractivity (Wildman–Crippen MR) is 99.6 cm³/mol. The molecule has 0 heterocycles. The number of carbonyl (C=O) groups excluding carboxylic acids is 1. The van der Waals surface area contributed by atoms with Gasteiger partial charge in [-0.25, -0.2) is 0 Å². The molecule has 0 fully saturated rings. The number of carbonyl (C=O) groups is 1. The van der Waals surface area contributed by atoms with Crippen LogP contribution in [0, 0.1) is 0 Å². The van der Waals surface area contributed by atoms with Crippen LogP contribution in [0.5, 0.6) is 0 Å². The Labute approximate surface area is 147 Å². The number of benzene rings is 3. The Morgan fingerprint density at radius 2 is 1.04 bits per heavy atom. The van der Waals surface area contributed by atoms with Gasteiger partial charge in [0.05, 0.1) is 0 Å². The van der Waals surface area contributed by atoms with Gasteiger partial charge in [0, 0.05) is 5.56 Å². The van der Waals surface area contributed by atoms with E-state index < -0.39 is 0 Å². The van der Waals surface area contributed by atoms with Crippen LogP contribution in [0.25, 0.3) is 11.3 Å². The molecule has 25 heavy (non-hydrogen) atoms. The van der Waals surface area contributed by atoms with Crippen molar-refractivity contribution in [3.63, 3.8) is 0 Å². The average molecular weight is 325 g/mol. The van der Waals surface area contributed by atoms with E-state index in [4.69, 9.17) is 0 Å². The lowest BCUT2D eigenvalue weighted by molar-refractivity contribution is -0.243. The van der Waals surface area contributed by atoms with Gasteiger partial charge in [-0.05, 0) is 22.8 Å². The molecule has 0 atom stereocenters. The molecule has 122 valence electrons. The van der Waals surface area contributed by atoms with E-state index in [2.05, 4.69) is 0 Å². The molecule has 3 rings (SSSR count). The third-order valence-corrected chi connectivity index (χ3v) is 3.80. The first-order valence-corrected chi connectivity index (χ1v) is 8.04. The van der Waals surface area contributed by atoms with Crippen molar-refractivity contribution in [2.75, 3.05) is 0 Å². The number of rotatable bonds is 5. The molecule has 0 aliphatic heterocycles. The number of hydrogen-bond acceptors (Lipinski definition) is 2. The van der Waals surface area contributed by atoms with Crippen molar-refractivity contribution in [3.8, 4) is 0 Å². The Kier molecular flexibility index (Phi) is 5.22. The summed E-state index contributed by atoms with van der Waals surface area (Å²) in [4.78, 5) is 12.5. The highest BCUT2D eigenvalue weighted by Crippen LogP contribution is 2.20. The molecule has 0 aliphatic carbocycles. The van der Waals surface area contributed by atoms with Crippen molar-refractivity contribution >= 4 is 17.1 Å². The van der Waals surface area contributed by atoms with Gasteiger partial charge in [0.1, 0.15) is 0 Å². The van der Waals surface area contributed by atoms with E-state index in [0.717, 1.165) is 5.56 Å². The molecule has 0 saturated heterocycles. The Morgan fingerprint density at radius 1 is 0.600 bits per heavy atom. The molecule has 0 unspecified atom stereocenters. The fourth-order valence-electron chi connectivity index (χ4n) is 2.49. The van der Waals surface area contributed by atoms with Crippen LogP contribution in [0.4, 0.5) is 0 Å². The van der Waals surface area contributed by atoms with Crippen LogP contribution in [-0.2, 0) is 0 Å². The average Bonchev–Trinajstić information content (AvgIpc) is 2.69. The minimum Gasteiger partial charge on any atom is -0.872 e. The van der Waals surface area contributed by atoms with Crippen molar-refractivity contribution in [2.24, 2.45) is 0 Å². The number of hydrogen-bond donors (Lipinski definition) is 0. The topological polar surface area (TPSA) is 40.1 Å². The highest BCUT2D eigenvalue weighted by Gasteiger charge is 2.05. The van der Waals surface area contributed by atoms with Crippen molar-refractivity contribution in [1.29, 1.82) is 0 Å². The molecule has 2 nitrogen and oxygen atoms in total. The van der Waals surface area contributed by atoms with Crippen LogP contribution in [-0.4, -0.2) is 5.78 Å². The lowest BCUT2D eigenvalue weighted by Crippen LogP contribution is -2.03. The van der Waals surface area contributed by atoms with Gasteiger partial charge in [-0.15, -0.1) is 5.76 Å². The van der Waals surface area contributed by atoms with Gasteiger partial charge in [-0.1, -0.05) is 97.1 Å². The van der Waals surface area contributed by atoms with E-state index >= 15 is 0 Å². The van der Waals surface area contributed by atoms with E-state index in [9.17, 15) is 9.90 Å². The minimum absolute atomic E-state index is 0.128. The summed E-state index contributed by atoms with van der Waals surface area (Å²) in [5.41, 5.74) is 2.62. The first kappa shape index (κ1) is 16.5. The van der Waals surface area contributed by atoms with E-state index in [1.807, 2.05) is 66.7 Å². The first-order chi connectivity index (χ1) is 12.2. The van der Waals surface area contributed by atoms with Crippen LogP contribution >= 0.6 is 0 Å². The molecule has 0 spiro atoms. The molecular formula is C23H17O2-. The standard InChI is InChI=1S/C23H18O2/c24-22(19-12-6-2-7-13-19)16-21(18-10-4-1-5-11-18)17-23(25)20-14-8-3-9-15-20/h1-17,24H/p-1/b21-17-,22-16-. The summed E-state index contributed by atoms with van der Waals surface area (Å²) in [7, 11) is 0. The van der Waals surface area contributed by atoms with Gasteiger partial charge in [-0.2, -0.15) is 0 Å². The molecule has 0 saturated carbocycles. The fourth-order valence-corrected chi connectivity index (χ4v) is 2.49. The molecular weight excluding hydrogens is 308 g/mol. The molecule has 0 radical (unpaired) electrons. The lowest BCUT2D eigenvalue weighted by atomic mass is 10.00.